The van der Waals surface area contributed by atoms with Gasteiger partial charge in [-0.25, -0.2) is 0 Å². The fraction of sp³-hybridized carbons (Fsp3) is 0.944. The Morgan fingerprint density at radius 3 is 1.64 bits per heavy atom. The normalized spacial score (nSPS) is 14.0. The van der Waals surface area contributed by atoms with Gasteiger partial charge in [0, 0.05) is 6.42 Å². The lowest BCUT2D eigenvalue weighted by molar-refractivity contribution is -0.118. The van der Waals surface area contributed by atoms with E-state index in [1.807, 2.05) is 0 Å². The minimum atomic E-state index is -0.582. The zero-order chi connectivity index (χ0) is 16.6. The van der Waals surface area contributed by atoms with Crippen LogP contribution in [0.5, 0.6) is 0 Å². The number of hydrogen-bond acceptors (Lipinski definition) is 3. The molecule has 22 heavy (non-hydrogen) atoms. The molecule has 0 saturated heterocycles. The molecule has 0 heterocycles. The van der Waals surface area contributed by atoms with Gasteiger partial charge < -0.3 is 15.9 Å². The molecule has 0 aromatic rings. The van der Waals surface area contributed by atoms with Crippen LogP contribution in [0.1, 0.15) is 96.8 Å². The molecule has 0 aliphatic rings. The Morgan fingerprint density at radius 1 is 0.773 bits per heavy atom. The molecular weight excluding hydrogens is 278 g/mol. The third-order valence-electron chi connectivity index (χ3n) is 4.22. The third kappa shape index (κ3) is 14.3. The monoisotopic (exact) mass is 315 g/mol. The number of aliphatic hydroxyl groups excluding tert-OH is 2. The summed E-state index contributed by atoms with van der Waals surface area (Å²) in [5.74, 6) is -0.228. The van der Waals surface area contributed by atoms with E-state index < -0.39 is 12.2 Å². The summed E-state index contributed by atoms with van der Waals surface area (Å²) in [7, 11) is 0. The molecule has 0 radical (unpaired) electrons. The molecule has 0 aliphatic heterocycles. The van der Waals surface area contributed by atoms with Gasteiger partial charge in [-0.1, -0.05) is 71.1 Å². The molecule has 0 bridgehead atoms. The standard InChI is InChI=1S/C18H37NO3/c1-2-3-4-5-7-10-13-16(20)17(21)14-11-8-6-9-12-15-18(19)22/h16-17,20-21H,2-15H2,1H3,(H2,19,22). The minimum absolute atomic E-state index is 0.228. The molecule has 4 nitrogen and oxygen atoms in total. The van der Waals surface area contributed by atoms with Gasteiger partial charge in [-0.15, -0.1) is 0 Å². The third-order valence-corrected chi connectivity index (χ3v) is 4.22. The summed E-state index contributed by atoms with van der Waals surface area (Å²) in [5, 5.41) is 19.8. The first-order valence-corrected chi connectivity index (χ1v) is 9.22. The highest BCUT2D eigenvalue weighted by Gasteiger charge is 2.15. The highest BCUT2D eigenvalue weighted by molar-refractivity contribution is 5.73. The van der Waals surface area contributed by atoms with E-state index in [1.165, 1.54) is 25.7 Å². The number of nitrogens with two attached hydrogens (primary N) is 1. The lowest BCUT2D eigenvalue weighted by atomic mass is 9.99. The number of rotatable bonds is 16. The quantitative estimate of drug-likeness (QED) is 0.380. The highest BCUT2D eigenvalue weighted by Crippen LogP contribution is 2.15. The lowest BCUT2D eigenvalue weighted by Gasteiger charge is -2.17. The molecule has 2 atom stereocenters. The second kappa shape index (κ2) is 15.3. The van der Waals surface area contributed by atoms with Crippen molar-refractivity contribution in [2.24, 2.45) is 5.73 Å². The van der Waals surface area contributed by atoms with Crippen LogP contribution < -0.4 is 5.73 Å². The molecule has 0 aliphatic carbocycles. The van der Waals surface area contributed by atoms with Crippen LogP contribution in [0, 0.1) is 0 Å². The second-order valence-electron chi connectivity index (χ2n) is 6.46. The van der Waals surface area contributed by atoms with E-state index >= 15 is 0 Å². The van der Waals surface area contributed by atoms with Crippen LogP contribution in [0.15, 0.2) is 0 Å². The van der Waals surface area contributed by atoms with Gasteiger partial charge in [-0.3, -0.25) is 4.79 Å². The van der Waals surface area contributed by atoms with E-state index in [1.54, 1.807) is 0 Å². The number of amides is 1. The van der Waals surface area contributed by atoms with Gasteiger partial charge in [0.2, 0.25) is 5.91 Å². The van der Waals surface area contributed by atoms with E-state index in [2.05, 4.69) is 6.92 Å². The Kier molecular flexibility index (Phi) is 14.9. The van der Waals surface area contributed by atoms with E-state index in [4.69, 9.17) is 5.73 Å². The largest absolute Gasteiger partial charge is 0.390 e. The number of carbonyl (C=O) groups excluding carboxylic acids is 1. The van der Waals surface area contributed by atoms with Crippen molar-refractivity contribution in [2.45, 2.75) is 109 Å². The van der Waals surface area contributed by atoms with Gasteiger partial charge >= 0.3 is 0 Å². The maximum absolute atomic E-state index is 10.6. The Hall–Kier alpha value is -0.610. The van der Waals surface area contributed by atoms with Crippen LogP contribution in [-0.4, -0.2) is 28.3 Å². The zero-order valence-corrected chi connectivity index (χ0v) is 14.4. The molecule has 0 aromatic heterocycles. The number of carbonyl (C=O) groups is 1. The van der Waals surface area contributed by atoms with E-state index in [9.17, 15) is 15.0 Å². The number of aliphatic hydroxyl groups is 2. The maximum Gasteiger partial charge on any atom is 0.217 e. The summed E-state index contributed by atoms with van der Waals surface area (Å²) >= 11 is 0. The van der Waals surface area contributed by atoms with Crippen molar-refractivity contribution < 1.29 is 15.0 Å². The fourth-order valence-electron chi connectivity index (χ4n) is 2.70. The fourth-order valence-corrected chi connectivity index (χ4v) is 2.70. The Labute approximate surface area is 136 Å². The molecule has 4 N–H and O–H groups in total. The second-order valence-corrected chi connectivity index (χ2v) is 6.46. The van der Waals surface area contributed by atoms with Crippen LogP contribution in [0.2, 0.25) is 0 Å². The first-order chi connectivity index (χ1) is 10.6. The maximum atomic E-state index is 10.6. The zero-order valence-electron chi connectivity index (χ0n) is 14.4. The van der Waals surface area contributed by atoms with Crippen molar-refractivity contribution in [3.63, 3.8) is 0 Å². The van der Waals surface area contributed by atoms with Crippen LogP contribution in [0.3, 0.4) is 0 Å². The van der Waals surface area contributed by atoms with Gasteiger partial charge in [0.05, 0.1) is 12.2 Å². The van der Waals surface area contributed by atoms with E-state index in [0.29, 0.717) is 19.3 Å². The Morgan fingerprint density at radius 2 is 1.18 bits per heavy atom. The summed E-state index contributed by atoms with van der Waals surface area (Å²) in [4.78, 5) is 10.6. The topological polar surface area (TPSA) is 83.6 Å². The van der Waals surface area contributed by atoms with Crippen molar-refractivity contribution in [1.29, 1.82) is 0 Å². The van der Waals surface area contributed by atoms with E-state index in [0.717, 1.165) is 44.9 Å². The van der Waals surface area contributed by atoms with E-state index in [-0.39, 0.29) is 5.91 Å². The average molecular weight is 315 g/mol. The average Bonchev–Trinajstić information content (AvgIpc) is 2.49. The minimum Gasteiger partial charge on any atom is -0.390 e. The summed E-state index contributed by atoms with van der Waals surface area (Å²) in [6.07, 6.45) is 12.9. The van der Waals surface area contributed by atoms with Crippen molar-refractivity contribution in [3.8, 4) is 0 Å². The van der Waals surface area contributed by atoms with Crippen LogP contribution >= 0.6 is 0 Å². The molecule has 0 aromatic carbocycles. The molecule has 132 valence electrons. The lowest BCUT2D eigenvalue weighted by Crippen LogP contribution is -2.25. The summed E-state index contributed by atoms with van der Waals surface area (Å²) in [6.45, 7) is 2.21. The molecule has 4 heteroatoms. The summed E-state index contributed by atoms with van der Waals surface area (Å²) < 4.78 is 0. The SMILES string of the molecule is CCCCCCCCC(O)C(O)CCCCCCCC(N)=O. The number of unbranched alkanes of at least 4 members (excludes halogenated alkanes) is 9. The number of primary amides is 1. The predicted octanol–water partition coefficient (Wildman–Crippen LogP) is 3.67. The summed E-state index contributed by atoms with van der Waals surface area (Å²) in [6, 6.07) is 0. The van der Waals surface area contributed by atoms with Crippen molar-refractivity contribution in [1.82, 2.24) is 0 Å². The predicted molar refractivity (Wildman–Crippen MR) is 91.5 cm³/mol. The van der Waals surface area contributed by atoms with Gasteiger partial charge in [0.25, 0.3) is 0 Å². The smallest absolute Gasteiger partial charge is 0.217 e. The van der Waals surface area contributed by atoms with Gasteiger partial charge in [-0.2, -0.15) is 0 Å². The Bertz CT molecular complexity index is 259. The van der Waals surface area contributed by atoms with Crippen LogP contribution in [-0.2, 0) is 4.79 Å². The molecule has 2 unspecified atom stereocenters. The first-order valence-electron chi connectivity index (χ1n) is 9.22. The Balaban J connectivity index is 3.38. The van der Waals surface area contributed by atoms with Crippen molar-refractivity contribution in [3.05, 3.63) is 0 Å². The van der Waals surface area contributed by atoms with Gasteiger partial charge in [0.15, 0.2) is 0 Å². The molecule has 0 spiro atoms. The first kappa shape index (κ1) is 21.4. The van der Waals surface area contributed by atoms with Gasteiger partial charge in [-0.05, 0) is 19.3 Å². The van der Waals surface area contributed by atoms with Crippen molar-refractivity contribution in [2.75, 3.05) is 0 Å². The molecule has 0 rings (SSSR count). The molecular formula is C18H37NO3. The summed E-state index contributed by atoms with van der Waals surface area (Å²) in [5.41, 5.74) is 5.08. The van der Waals surface area contributed by atoms with Gasteiger partial charge in [0.1, 0.15) is 0 Å². The molecule has 0 saturated carbocycles. The molecule has 0 fully saturated rings. The van der Waals surface area contributed by atoms with Crippen LogP contribution in [0.25, 0.3) is 0 Å². The van der Waals surface area contributed by atoms with Crippen LogP contribution in [0.4, 0.5) is 0 Å². The number of hydrogen-bond donors (Lipinski definition) is 3. The highest BCUT2D eigenvalue weighted by atomic mass is 16.3. The van der Waals surface area contributed by atoms with Crippen molar-refractivity contribution >= 4 is 5.91 Å². The molecule has 1 amide bonds.